The van der Waals surface area contributed by atoms with E-state index in [2.05, 4.69) is 34.1 Å². The second kappa shape index (κ2) is 6.71. The molecule has 132 valence electrons. The number of hydrogen-bond acceptors (Lipinski definition) is 5. The largest absolute Gasteiger partial charge is 0.496 e. The molecule has 4 rings (SSSR count). The highest BCUT2D eigenvalue weighted by molar-refractivity contribution is 5.42. The van der Waals surface area contributed by atoms with Crippen LogP contribution in [0.3, 0.4) is 0 Å². The Bertz CT molecular complexity index is 998. The first-order valence-corrected chi connectivity index (χ1v) is 8.69. The Morgan fingerprint density at radius 2 is 2.04 bits per heavy atom. The number of aryl methyl sites for hydroxylation is 1. The van der Waals surface area contributed by atoms with Crippen molar-refractivity contribution in [2.24, 2.45) is 0 Å². The van der Waals surface area contributed by atoms with E-state index in [1.54, 1.807) is 31.8 Å². The Morgan fingerprint density at radius 1 is 1.23 bits per heavy atom. The van der Waals surface area contributed by atoms with Crippen molar-refractivity contribution in [2.45, 2.75) is 32.1 Å². The molecule has 6 heteroatoms. The van der Waals surface area contributed by atoms with E-state index in [0.717, 1.165) is 29.7 Å². The summed E-state index contributed by atoms with van der Waals surface area (Å²) in [5, 5.41) is 4.30. The third-order valence-corrected chi connectivity index (χ3v) is 4.94. The molecule has 1 atom stereocenters. The maximum atomic E-state index is 12.8. The minimum Gasteiger partial charge on any atom is -0.496 e. The predicted octanol–water partition coefficient (Wildman–Crippen LogP) is 2.61. The van der Waals surface area contributed by atoms with Gasteiger partial charge in [0.15, 0.2) is 0 Å². The van der Waals surface area contributed by atoms with Crippen LogP contribution in [0, 0.1) is 6.92 Å². The normalized spacial score (nSPS) is 16.2. The molecule has 1 unspecified atom stereocenters. The van der Waals surface area contributed by atoms with Crippen molar-refractivity contribution in [3.63, 3.8) is 0 Å². The quantitative estimate of drug-likeness (QED) is 0.728. The summed E-state index contributed by atoms with van der Waals surface area (Å²) in [6.07, 6.45) is 7.40. The SMILES string of the molecule is COc1ccc(C)cc1C1CCc2c(cnn(-c3ncccn3)c2=O)C1. The number of rotatable bonds is 3. The van der Waals surface area contributed by atoms with Gasteiger partial charge in [-0.3, -0.25) is 4.79 Å². The summed E-state index contributed by atoms with van der Waals surface area (Å²) in [5.41, 5.74) is 4.11. The lowest BCUT2D eigenvalue weighted by Gasteiger charge is -2.26. The molecule has 0 fully saturated rings. The molecule has 2 aromatic heterocycles. The fourth-order valence-electron chi connectivity index (χ4n) is 3.63. The van der Waals surface area contributed by atoms with Crippen LogP contribution in [0.5, 0.6) is 5.75 Å². The zero-order chi connectivity index (χ0) is 18.1. The fourth-order valence-corrected chi connectivity index (χ4v) is 3.63. The first-order chi connectivity index (χ1) is 12.7. The summed E-state index contributed by atoms with van der Waals surface area (Å²) >= 11 is 0. The minimum absolute atomic E-state index is 0.122. The number of aromatic nitrogens is 4. The third kappa shape index (κ3) is 2.87. The molecule has 1 aromatic carbocycles. The highest BCUT2D eigenvalue weighted by Crippen LogP contribution is 2.36. The molecule has 26 heavy (non-hydrogen) atoms. The zero-order valence-electron chi connectivity index (χ0n) is 14.8. The summed E-state index contributed by atoms with van der Waals surface area (Å²) in [5.74, 6) is 1.54. The lowest BCUT2D eigenvalue weighted by molar-refractivity contribution is 0.401. The van der Waals surface area contributed by atoms with Crippen LogP contribution >= 0.6 is 0 Å². The van der Waals surface area contributed by atoms with Crippen LogP contribution in [0.1, 0.15) is 34.6 Å². The van der Waals surface area contributed by atoms with E-state index in [9.17, 15) is 4.79 Å². The second-order valence-electron chi connectivity index (χ2n) is 6.60. The number of fused-ring (bicyclic) bond motifs is 1. The molecular weight excluding hydrogens is 328 g/mol. The molecule has 1 aliphatic carbocycles. The average molecular weight is 348 g/mol. The first-order valence-electron chi connectivity index (χ1n) is 8.69. The highest BCUT2D eigenvalue weighted by Gasteiger charge is 2.26. The zero-order valence-corrected chi connectivity index (χ0v) is 14.8. The van der Waals surface area contributed by atoms with Gasteiger partial charge in [0.2, 0.25) is 0 Å². The molecule has 0 N–H and O–H groups in total. The molecule has 0 radical (unpaired) electrons. The van der Waals surface area contributed by atoms with Crippen LogP contribution in [-0.2, 0) is 12.8 Å². The maximum absolute atomic E-state index is 12.8. The van der Waals surface area contributed by atoms with Gasteiger partial charge in [-0.2, -0.15) is 9.78 Å². The van der Waals surface area contributed by atoms with Crippen LogP contribution < -0.4 is 10.3 Å². The maximum Gasteiger partial charge on any atom is 0.277 e. The van der Waals surface area contributed by atoms with Crippen molar-refractivity contribution < 1.29 is 4.74 Å². The van der Waals surface area contributed by atoms with Gasteiger partial charge in [0.1, 0.15) is 5.75 Å². The van der Waals surface area contributed by atoms with E-state index in [1.807, 2.05) is 6.07 Å². The van der Waals surface area contributed by atoms with Gasteiger partial charge in [-0.15, -0.1) is 0 Å². The van der Waals surface area contributed by atoms with Gasteiger partial charge in [0, 0.05) is 18.0 Å². The van der Waals surface area contributed by atoms with Crippen LogP contribution in [0.15, 0.2) is 47.7 Å². The topological polar surface area (TPSA) is 69.9 Å². The molecule has 0 aliphatic heterocycles. The molecule has 0 amide bonds. The minimum atomic E-state index is -0.122. The van der Waals surface area contributed by atoms with Crippen molar-refractivity contribution in [1.82, 2.24) is 19.7 Å². The second-order valence-corrected chi connectivity index (χ2v) is 6.60. The van der Waals surface area contributed by atoms with Gasteiger partial charge in [-0.05, 0) is 55.4 Å². The molecular formula is C20H20N4O2. The van der Waals surface area contributed by atoms with Crippen molar-refractivity contribution in [2.75, 3.05) is 7.11 Å². The predicted molar refractivity (Wildman–Crippen MR) is 97.9 cm³/mol. The Hall–Kier alpha value is -3.02. The van der Waals surface area contributed by atoms with Crippen molar-refractivity contribution in [3.8, 4) is 11.7 Å². The summed E-state index contributed by atoms with van der Waals surface area (Å²) in [7, 11) is 1.70. The van der Waals surface area contributed by atoms with Crippen molar-refractivity contribution in [1.29, 1.82) is 0 Å². The molecule has 2 heterocycles. The van der Waals surface area contributed by atoms with Crippen LogP contribution in [0.2, 0.25) is 0 Å². The van der Waals surface area contributed by atoms with Crippen LogP contribution in [-0.4, -0.2) is 26.9 Å². The Balaban J connectivity index is 1.70. The van der Waals surface area contributed by atoms with E-state index in [4.69, 9.17) is 4.74 Å². The number of nitrogens with zero attached hydrogens (tertiary/aromatic N) is 4. The first kappa shape index (κ1) is 16.4. The van der Waals surface area contributed by atoms with E-state index in [1.165, 1.54) is 15.8 Å². The number of benzene rings is 1. The summed E-state index contributed by atoms with van der Waals surface area (Å²) in [6.45, 7) is 2.08. The van der Waals surface area contributed by atoms with Crippen molar-refractivity contribution in [3.05, 3.63) is 75.5 Å². The third-order valence-electron chi connectivity index (χ3n) is 4.94. The van der Waals surface area contributed by atoms with Gasteiger partial charge in [-0.25, -0.2) is 9.97 Å². The van der Waals surface area contributed by atoms with E-state index in [0.29, 0.717) is 18.3 Å². The van der Waals surface area contributed by atoms with Crippen molar-refractivity contribution >= 4 is 0 Å². The summed E-state index contributed by atoms with van der Waals surface area (Å²) < 4.78 is 6.83. The van der Waals surface area contributed by atoms with Crippen LogP contribution in [0.4, 0.5) is 0 Å². The van der Waals surface area contributed by atoms with Crippen LogP contribution in [0.25, 0.3) is 5.95 Å². The molecule has 0 bridgehead atoms. The van der Waals surface area contributed by atoms with Gasteiger partial charge >= 0.3 is 0 Å². The Morgan fingerprint density at radius 3 is 2.81 bits per heavy atom. The Kier molecular flexibility index (Phi) is 4.24. The lowest BCUT2D eigenvalue weighted by Crippen LogP contribution is -2.30. The summed E-state index contributed by atoms with van der Waals surface area (Å²) in [6, 6.07) is 7.97. The van der Waals surface area contributed by atoms with Gasteiger partial charge < -0.3 is 4.74 Å². The van der Waals surface area contributed by atoms with E-state index in [-0.39, 0.29) is 5.56 Å². The molecule has 3 aromatic rings. The summed E-state index contributed by atoms with van der Waals surface area (Å²) in [4.78, 5) is 21.1. The highest BCUT2D eigenvalue weighted by atomic mass is 16.5. The number of hydrogen-bond donors (Lipinski definition) is 0. The molecule has 6 nitrogen and oxygen atoms in total. The van der Waals surface area contributed by atoms with Gasteiger partial charge in [-0.1, -0.05) is 17.7 Å². The smallest absolute Gasteiger partial charge is 0.277 e. The van der Waals surface area contributed by atoms with Gasteiger partial charge in [0.25, 0.3) is 11.5 Å². The van der Waals surface area contributed by atoms with E-state index >= 15 is 0 Å². The number of methoxy groups -OCH3 is 1. The average Bonchev–Trinajstić information content (AvgIpc) is 2.68. The molecule has 0 saturated carbocycles. The molecule has 0 spiro atoms. The standard InChI is InChI=1S/C20H20N4O2/c1-13-4-7-18(26-2)17(10-13)14-5-6-16-15(11-14)12-23-24(19(16)25)20-21-8-3-9-22-20/h3-4,7-10,12,14H,5-6,11H2,1-2H3. The van der Waals surface area contributed by atoms with Gasteiger partial charge in [0.05, 0.1) is 13.3 Å². The Labute approximate surface area is 151 Å². The monoisotopic (exact) mass is 348 g/mol. The lowest BCUT2D eigenvalue weighted by atomic mass is 9.80. The fraction of sp³-hybridized carbons (Fsp3) is 0.300. The molecule has 0 saturated heterocycles. The number of ether oxygens (including phenoxy) is 1. The molecule has 1 aliphatic rings. The van der Waals surface area contributed by atoms with E-state index < -0.39 is 0 Å².